The molecule has 1 aliphatic heterocycles. The number of hydrogen-bond acceptors (Lipinski definition) is 4. The highest BCUT2D eigenvalue weighted by atomic mass is 16.5. The van der Waals surface area contributed by atoms with E-state index in [1.807, 2.05) is 0 Å². The normalized spacial score (nSPS) is 13.1. The van der Waals surface area contributed by atoms with Crippen LogP contribution in [0.5, 0.6) is 11.5 Å². The lowest BCUT2D eigenvalue weighted by Gasteiger charge is -2.04. The molecule has 78 valence electrons. The molecule has 15 heavy (non-hydrogen) atoms. The number of benzene rings is 1. The molecule has 0 atom stereocenters. The minimum absolute atomic E-state index is 0.123. The van der Waals surface area contributed by atoms with Crippen LogP contribution in [0, 0.1) is 0 Å². The summed E-state index contributed by atoms with van der Waals surface area (Å²) in [5, 5.41) is 9.55. The van der Waals surface area contributed by atoms with Crippen molar-refractivity contribution in [2.45, 2.75) is 12.8 Å². The lowest BCUT2D eigenvalue weighted by Crippen LogP contribution is -2.00. The van der Waals surface area contributed by atoms with Crippen LogP contribution in [-0.4, -0.2) is 23.8 Å². The van der Waals surface area contributed by atoms with Gasteiger partial charge in [0.2, 0.25) is 0 Å². The second-order valence-electron chi connectivity index (χ2n) is 3.37. The summed E-state index contributed by atoms with van der Waals surface area (Å²) in [5.74, 6) is 0.134. The van der Waals surface area contributed by atoms with E-state index >= 15 is 0 Å². The summed E-state index contributed by atoms with van der Waals surface area (Å²) < 4.78 is 5.23. The van der Waals surface area contributed by atoms with Crippen molar-refractivity contribution < 1.29 is 19.4 Å². The minimum Gasteiger partial charge on any atom is -0.507 e. The Balaban J connectivity index is 2.40. The quantitative estimate of drug-likeness (QED) is 0.457. The Kier molecular flexibility index (Phi) is 2.41. The molecule has 0 unspecified atom stereocenters. The molecule has 0 bridgehead atoms. The smallest absolute Gasteiger partial charge is 0.173 e. The summed E-state index contributed by atoms with van der Waals surface area (Å²) in [5.41, 5.74) is 1.10. The van der Waals surface area contributed by atoms with Gasteiger partial charge in [-0.1, -0.05) is 0 Å². The van der Waals surface area contributed by atoms with Crippen molar-refractivity contribution in [2.24, 2.45) is 0 Å². The Morgan fingerprint density at radius 1 is 1.53 bits per heavy atom. The average molecular weight is 206 g/mol. The molecule has 4 heteroatoms. The van der Waals surface area contributed by atoms with Crippen molar-refractivity contribution in [2.75, 3.05) is 6.61 Å². The van der Waals surface area contributed by atoms with Crippen LogP contribution in [-0.2, 0) is 11.2 Å². The molecule has 0 spiro atoms. The van der Waals surface area contributed by atoms with Crippen molar-refractivity contribution in [3.8, 4) is 11.5 Å². The predicted molar refractivity (Wildman–Crippen MR) is 52.3 cm³/mol. The first kappa shape index (κ1) is 9.71. The second kappa shape index (κ2) is 3.73. The number of rotatable bonds is 3. The highest BCUT2D eigenvalue weighted by molar-refractivity contribution is 6.04. The zero-order valence-electron chi connectivity index (χ0n) is 8.03. The number of carbonyl (C=O) groups excluding carboxylic acids is 2. The molecule has 0 amide bonds. The van der Waals surface area contributed by atoms with Crippen molar-refractivity contribution >= 4 is 12.1 Å². The van der Waals surface area contributed by atoms with Gasteiger partial charge < -0.3 is 14.6 Å². The summed E-state index contributed by atoms with van der Waals surface area (Å²) in [6, 6.07) is 3.03. The maximum atomic E-state index is 11.4. The fraction of sp³-hybridized carbons (Fsp3) is 0.273. The van der Waals surface area contributed by atoms with E-state index in [1.165, 1.54) is 6.07 Å². The first-order valence-electron chi connectivity index (χ1n) is 4.68. The maximum absolute atomic E-state index is 11.4. The number of aldehydes is 1. The van der Waals surface area contributed by atoms with Crippen LogP contribution in [0.15, 0.2) is 12.1 Å². The third kappa shape index (κ3) is 1.70. The van der Waals surface area contributed by atoms with Gasteiger partial charge in [-0.3, -0.25) is 4.79 Å². The van der Waals surface area contributed by atoms with E-state index in [1.54, 1.807) is 6.07 Å². The zero-order chi connectivity index (χ0) is 10.8. The number of phenolic OH excluding ortho intramolecular Hbond substituents is 1. The van der Waals surface area contributed by atoms with Crippen LogP contribution in [0.3, 0.4) is 0 Å². The molecule has 4 nitrogen and oxygen atoms in total. The molecule has 0 aliphatic carbocycles. The van der Waals surface area contributed by atoms with Gasteiger partial charge in [-0.05, 0) is 11.6 Å². The SMILES string of the molecule is O=CCC(=O)c1cc2c(cc1O)OCC2. The number of Topliss-reactive ketones (excluding diaryl/α,β-unsaturated/α-hetero) is 1. The van der Waals surface area contributed by atoms with Crippen LogP contribution in [0.1, 0.15) is 22.3 Å². The molecule has 1 aromatic rings. The van der Waals surface area contributed by atoms with Crippen LogP contribution < -0.4 is 4.74 Å². The minimum atomic E-state index is -0.364. The monoisotopic (exact) mass is 206 g/mol. The predicted octanol–water partition coefficient (Wildman–Crippen LogP) is 1.10. The summed E-state index contributed by atoms with van der Waals surface area (Å²) in [6.07, 6.45) is 1.07. The van der Waals surface area contributed by atoms with Gasteiger partial charge in [-0.25, -0.2) is 0 Å². The maximum Gasteiger partial charge on any atom is 0.173 e. The van der Waals surface area contributed by atoms with Crippen molar-refractivity contribution in [3.63, 3.8) is 0 Å². The first-order valence-corrected chi connectivity index (χ1v) is 4.68. The number of phenols is 1. The van der Waals surface area contributed by atoms with Gasteiger partial charge in [-0.15, -0.1) is 0 Å². The number of aromatic hydroxyl groups is 1. The number of fused-ring (bicyclic) bond motifs is 1. The van der Waals surface area contributed by atoms with Gasteiger partial charge in [0.05, 0.1) is 18.6 Å². The van der Waals surface area contributed by atoms with Gasteiger partial charge in [0.15, 0.2) is 5.78 Å². The molecule has 1 N–H and O–H groups in total. The Morgan fingerprint density at radius 2 is 2.33 bits per heavy atom. The summed E-state index contributed by atoms with van der Waals surface area (Å²) in [7, 11) is 0. The topological polar surface area (TPSA) is 63.6 Å². The van der Waals surface area contributed by atoms with E-state index in [-0.39, 0.29) is 23.5 Å². The van der Waals surface area contributed by atoms with E-state index < -0.39 is 0 Å². The molecular weight excluding hydrogens is 196 g/mol. The van der Waals surface area contributed by atoms with Crippen molar-refractivity contribution in [1.82, 2.24) is 0 Å². The first-order chi connectivity index (χ1) is 7.22. The van der Waals surface area contributed by atoms with Gasteiger partial charge in [0.25, 0.3) is 0 Å². The average Bonchev–Trinajstić information content (AvgIpc) is 2.63. The van der Waals surface area contributed by atoms with Gasteiger partial charge >= 0.3 is 0 Å². The molecule has 0 fully saturated rings. The van der Waals surface area contributed by atoms with E-state index in [0.717, 1.165) is 12.0 Å². The number of carbonyl (C=O) groups is 2. The van der Waals surface area contributed by atoms with Crippen LogP contribution in [0.2, 0.25) is 0 Å². The van der Waals surface area contributed by atoms with E-state index in [0.29, 0.717) is 18.6 Å². The van der Waals surface area contributed by atoms with E-state index in [4.69, 9.17) is 4.74 Å². The lowest BCUT2D eigenvalue weighted by molar-refractivity contribution is -0.107. The fourth-order valence-corrected chi connectivity index (χ4v) is 1.62. The van der Waals surface area contributed by atoms with Crippen LogP contribution >= 0.6 is 0 Å². The molecule has 0 saturated heterocycles. The molecule has 1 aliphatic rings. The highest BCUT2D eigenvalue weighted by Crippen LogP contribution is 2.32. The standard InChI is InChI=1S/C11H10O4/c12-3-1-9(13)8-5-7-2-4-15-11(7)6-10(8)14/h3,5-6,14H,1-2,4H2. The van der Waals surface area contributed by atoms with Crippen LogP contribution in [0.25, 0.3) is 0 Å². The van der Waals surface area contributed by atoms with Gasteiger partial charge in [0, 0.05) is 12.5 Å². The number of hydrogen-bond donors (Lipinski definition) is 1. The zero-order valence-corrected chi connectivity index (χ0v) is 8.03. The van der Waals surface area contributed by atoms with Crippen LogP contribution in [0.4, 0.5) is 0 Å². The molecule has 0 saturated carbocycles. The molecular formula is C11H10O4. The largest absolute Gasteiger partial charge is 0.507 e. The molecule has 1 heterocycles. The Bertz CT molecular complexity index is 423. The third-order valence-corrected chi connectivity index (χ3v) is 2.38. The summed E-state index contributed by atoms with van der Waals surface area (Å²) >= 11 is 0. The summed E-state index contributed by atoms with van der Waals surface area (Å²) in [4.78, 5) is 21.6. The van der Waals surface area contributed by atoms with Gasteiger partial charge in [-0.2, -0.15) is 0 Å². The summed E-state index contributed by atoms with van der Waals surface area (Å²) in [6.45, 7) is 0.570. The number of ketones is 1. The Morgan fingerprint density at radius 3 is 3.07 bits per heavy atom. The Labute approximate surface area is 86.5 Å². The van der Waals surface area contributed by atoms with Crippen molar-refractivity contribution in [3.05, 3.63) is 23.3 Å². The van der Waals surface area contributed by atoms with Crippen molar-refractivity contribution in [1.29, 1.82) is 0 Å². The molecule has 0 aromatic heterocycles. The highest BCUT2D eigenvalue weighted by Gasteiger charge is 2.18. The molecule has 1 aromatic carbocycles. The molecule has 2 rings (SSSR count). The Hall–Kier alpha value is -1.84. The van der Waals surface area contributed by atoms with Gasteiger partial charge in [0.1, 0.15) is 17.8 Å². The lowest BCUT2D eigenvalue weighted by atomic mass is 10.0. The third-order valence-electron chi connectivity index (χ3n) is 2.38. The van der Waals surface area contributed by atoms with E-state index in [9.17, 15) is 14.7 Å². The second-order valence-corrected chi connectivity index (χ2v) is 3.37. The molecule has 0 radical (unpaired) electrons. The fourth-order valence-electron chi connectivity index (χ4n) is 1.62. The van der Waals surface area contributed by atoms with E-state index in [2.05, 4.69) is 0 Å². The number of ether oxygens (including phenoxy) is 1.